The van der Waals surface area contributed by atoms with E-state index in [1.54, 1.807) is 17.0 Å². The van der Waals surface area contributed by atoms with Crippen LogP contribution < -0.4 is 15.0 Å². The Bertz CT molecular complexity index is 879. The first-order chi connectivity index (χ1) is 12.0. The minimum Gasteiger partial charge on any atom is -0.497 e. The number of anilines is 1. The fraction of sp³-hybridized carbons (Fsp3) is 0.222. The predicted octanol–water partition coefficient (Wildman–Crippen LogP) is 4.42. The number of amides is 2. The number of hydrogen-bond acceptors (Lipinski definition) is 2. The van der Waals surface area contributed by atoms with Crippen molar-refractivity contribution < 1.29 is 13.9 Å². The van der Waals surface area contributed by atoms with Crippen molar-refractivity contribution in [1.29, 1.82) is 0 Å². The molecule has 7 heteroatoms. The lowest BCUT2D eigenvalue weighted by Crippen LogP contribution is -2.38. The number of rotatable bonds is 3. The maximum Gasteiger partial charge on any atom is 0.322 e. The Labute approximate surface area is 153 Å². The smallest absolute Gasteiger partial charge is 0.322 e. The maximum atomic E-state index is 13.5. The van der Waals surface area contributed by atoms with Gasteiger partial charge in [-0.1, -0.05) is 22.0 Å². The Hall–Kier alpha value is -2.59. The van der Waals surface area contributed by atoms with Crippen molar-refractivity contribution >= 4 is 33.3 Å². The van der Waals surface area contributed by atoms with Gasteiger partial charge in [-0.05, 0) is 35.7 Å². The first-order valence-corrected chi connectivity index (χ1v) is 8.40. The first-order valence-electron chi connectivity index (χ1n) is 7.60. The summed E-state index contributed by atoms with van der Waals surface area (Å²) in [5, 5.41) is 2.79. The number of urea groups is 1. The van der Waals surface area contributed by atoms with Gasteiger partial charge >= 0.3 is 6.03 Å². The highest BCUT2D eigenvalue weighted by Gasteiger charge is 2.25. The number of hydrogen-bond donors (Lipinski definition) is 1. The molecule has 2 amide bonds. The Balaban J connectivity index is 1.74. The van der Waals surface area contributed by atoms with E-state index < -0.39 is 5.82 Å². The van der Waals surface area contributed by atoms with Crippen molar-refractivity contribution in [2.24, 2.45) is 0 Å². The molecular weight excluding hydrogens is 389 g/mol. The lowest BCUT2D eigenvalue weighted by atomic mass is 10.1. The zero-order chi connectivity index (χ0) is 18.0. The van der Waals surface area contributed by atoms with E-state index in [1.807, 2.05) is 6.07 Å². The molecule has 2 aromatic carbocycles. The number of methoxy groups -OCH3 is 1. The van der Waals surface area contributed by atoms with E-state index in [0.29, 0.717) is 23.5 Å². The molecule has 0 saturated heterocycles. The number of ether oxygens (including phenoxy) is 1. The predicted molar refractivity (Wildman–Crippen MR) is 96.6 cm³/mol. The molecule has 0 atom stereocenters. The van der Waals surface area contributed by atoms with Crippen molar-refractivity contribution in [2.75, 3.05) is 18.6 Å². The summed E-state index contributed by atoms with van der Waals surface area (Å²) in [7, 11) is 1.46. The van der Waals surface area contributed by atoms with Gasteiger partial charge in [-0.25, -0.2) is 14.0 Å². The first kappa shape index (κ1) is 17.2. The average molecular weight is 404 g/mol. The fourth-order valence-corrected chi connectivity index (χ4v) is 3.29. The molecule has 1 aliphatic rings. The summed E-state index contributed by atoms with van der Waals surface area (Å²) in [6.07, 6.45) is 0.730. The molecule has 1 N–H and O–H groups in total. The number of halogens is 2. The van der Waals surface area contributed by atoms with E-state index in [0.717, 1.165) is 22.1 Å². The molecule has 25 heavy (non-hydrogen) atoms. The summed E-state index contributed by atoms with van der Waals surface area (Å²) >= 11 is 3.37. The largest absolute Gasteiger partial charge is 0.497 e. The molecule has 0 spiro atoms. The molecule has 0 fully saturated rings. The zero-order valence-corrected chi connectivity index (χ0v) is 15.1. The summed E-state index contributed by atoms with van der Waals surface area (Å²) in [6.45, 7) is 7.93. The molecule has 0 unspecified atom stereocenters. The highest BCUT2D eigenvalue weighted by molar-refractivity contribution is 9.10. The maximum absolute atomic E-state index is 13.5. The third-order valence-electron chi connectivity index (χ3n) is 4.02. The summed E-state index contributed by atoms with van der Waals surface area (Å²) < 4.78 is 19.3. The molecule has 2 aromatic rings. The fourth-order valence-electron chi connectivity index (χ4n) is 2.81. The number of carbonyl (C=O) groups excluding carboxylic acids is 1. The van der Waals surface area contributed by atoms with Crippen molar-refractivity contribution in [3.05, 3.63) is 63.2 Å². The van der Waals surface area contributed by atoms with Crippen molar-refractivity contribution in [3.8, 4) is 5.75 Å². The lowest BCUT2D eigenvalue weighted by molar-refractivity contribution is 0.246. The summed E-state index contributed by atoms with van der Waals surface area (Å²) in [6, 6.07) is 7.63. The number of nitrogens with one attached hydrogen (secondary N) is 1. The Kier molecular flexibility index (Phi) is 4.91. The van der Waals surface area contributed by atoms with Gasteiger partial charge in [0.15, 0.2) is 0 Å². The molecular formula is C18H15BrFN3O2. The van der Waals surface area contributed by atoms with Crippen molar-refractivity contribution in [2.45, 2.75) is 13.0 Å². The molecule has 0 bridgehead atoms. The molecule has 3 rings (SSSR count). The second kappa shape index (κ2) is 7.11. The Morgan fingerprint density at radius 3 is 2.92 bits per heavy atom. The van der Waals surface area contributed by atoms with Crippen LogP contribution in [0.4, 0.5) is 20.6 Å². The van der Waals surface area contributed by atoms with Gasteiger partial charge in [0.1, 0.15) is 11.6 Å². The van der Waals surface area contributed by atoms with Gasteiger partial charge in [0.25, 0.3) is 0 Å². The molecule has 0 aromatic heterocycles. The average Bonchev–Trinajstić information content (AvgIpc) is 3.00. The van der Waals surface area contributed by atoms with Crippen LogP contribution in [0.3, 0.4) is 0 Å². The van der Waals surface area contributed by atoms with E-state index in [-0.39, 0.29) is 12.6 Å². The summed E-state index contributed by atoms with van der Waals surface area (Å²) in [5.74, 6) is -0.0102. The summed E-state index contributed by atoms with van der Waals surface area (Å²) in [4.78, 5) is 17.6. The molecule has 0 radical (unpaired) electrons. The van der Waals surface area contributed by atoms with E-state index in [9.17, 15) is 9.18 Å². The van der Waals surface area contributed by atoms with Crippen LogP contribution in [0.1, 0.15) is 11.1 Å². The molecule has 0 aliphatic carbocycles. The molecule has 128 valence electrons. The molecule has 5 nitrogen and oxygen atoms in total. The van der Waals surface area contributed by atoms with Crippen LogP contribution in [-0.4, -0.2) is 19.7 Å². The van der Waals surface area contributed by atoms with Crippen LogP contribution in [0.5, 0.6) is 5.75 Å². The molecule has 1 heterocycles. The minimum absolute atomic E-state index is 0.186. The minimum atomic E-state index is -0.415. The number of fused-ring (bicyclic) bond motifs is 1. The number of nitrogens with zero attached hydrogens (tertiary/aromatic N) is 2. The topological polar surface area (TPSA) is 45.9 Å². The summed E-state index contributed by atoms with van der Waals surface area (Å²) in [5.41, 5.74) is 2.83. The number of carbonyl (C=O) groups is 1. The normalized spacial score (nSPS) is 12.5. The third-order valence-corrected chi connectivity index (χ3v) is 4.65. The highest BCUT2D eigenvalue weighted by Crippen LogP contribution is 2.37. The van der Waals surface area contributed by atoms with Crippen LogP contribution in [0.15, 0.2) is 34.8 Å². The zero-order valence-electron chi connectivity index (χ0n) is 13.5. The van der Waals surface area contributed by atoms with Gasteiger partial charge in [-0.3, -0.25) is 4.90 Å². The van der Waals surface area contributed by atoms with E-state index in [1.165, 1.54) is 19.2 Å². The standard InChI is InChI=1S/C18H15BrFN3O2/c1-21-16-9-17-12(7-15(16)19)3-4-23(17)18(24)22-10-11-5-13(20)8-14(6-11)25-2/h5-9H,3-4,10H2,2H3,(H,22,24). The van der Waals surface area contributed by atoms with Crippen LogP contribution >= 0.6 is 15.9 Å². The van der Waals surface area contributed by atoms with Crippen molar-refractivity contribution in [3.63, 3.8) is 0 Å². The third kappa shape index (κ3) is 3.59. The Morgan fingerprint density at radius 1 is 1.40 bits per heavy atom. The SMILES string of the molecule is [C-]#[N+]c1cc2c(cc1Br)CCN2C(=O)NCc1cc(F)cc(OC)c1. The molecule has 1 aliphatic heterocycles. The van der Waals surface area contributed by atoms with E-state index in [2.05, 4.69) is 26.1 Å². The van der Waals surface area contributed by atoms with Gasteiger partial charge in [0.2, 0.25) is 5.69 Å². The highest BCUT2D eigenvalue weighted by atomic mass is 79.9. The lowest BCUT2D eigenvalue weighted by Gasteiger charge is -2.19. The molecule has 0 saturated carbocycles. The van der Waals surface area contributed by atoms with Crippen LogP contribution in [0.2, 0.25) is 0 Å². The monoisotopic (exact) mass is 403 g/mol. The van der Waals surface area contributed by atoms with E-state index in [4.69, 9.17) is 11.3 Å². The van der Waals surface area contributed by atoms with Gasteiger partial charge in [-0.2, -0.15) is 0 Å². The number of benzene rings is 2. The van der Waals surface area contributed by atoms with E-state index >= 15 is 0 Å². The van der Waals surface area contributed by atoms with Crippen LogP contribution in [0, 0.1) is 12.4 Å². The quantitative estimate of drug-likeness (QED) is 0.770. The van der Waals surface area contributed by atoms with Crippen LogP contribution in [-0.2, 0) is 13.0 Å². The van der Waals surface area contributed by atoms with Gasteiger partial charge in [0.05, 0.1) is 13.7 Å². The van der Waals surface area contributed by atoms with Crippen molar-refractivity contribution in [1.82, 2.24) is 5.32 Å². The second-order valence-corrected chi connectivity index (χ2v) is 6.46. The second-order valence-electron chi connectivity index (χ2n) is 5.60. The Morgan fingerprint density at radius 2 is 2.20 bits per heavy atom. The van der Waals surface area contributed by atoms with Gasteiger partial charge in [0, 0.05) is 29.3 Å². The van der Waals surface area contributed by atoms with Gasteiger partial charge < -0.3 is 10.1 Å². The van der Waals surface area contributed by atoms with Crippen LogP contribution in [0.25, 0.3) is 4.85 Å². The van der Waals surface area contributed by atoms with Gasteiger partial charge in [-0.15, -0.1) is 0 Å².